The van der Waals surface area contributed by atoms with Gasteiger partial charge in [0, 0.05) is 51.2 Å². The molecule has 0 aromatic carbocycles. The van der Waals surface area contributed by atoms with Crippen molar-refractivity contribution in [3.05, 3.63) is 0 Å². The van der Waals surface area contributed by atoms with Crippen LogP contribution >= 0.6 is 0 Å². The lowest BCUT2D eigenvalue weighted by atomic mass is 9.94. The molecule has 2 unspecified atom stereocenters. The predicted octanol–water partition coefficient (Wildman–Crippen LogP) is 5.46. The third-order valence-corrected chi connectivity index (χ3v) is 10.1. The molecule has 0 bridgehead atoms. The van der Waals surface area contributed by atoms with E-state index in [0.29, 0.717) is 58.2 Å². The molecule has 13 heteroatoms. The molecule has 312 valence electrons. The summed E-state index contributed by atoms with van der Waals surface area (Å²) in [5.41, 5.74) is 4.52. The molecule has 1 aliphatic rings. The summed E-state index contributed by atoms with van der Waals surface area (Å²) in [6.45, 7) is 15.5. The molecule has 1 heterocycles. The lowest BCUT2D eigenvalue weighted by molar-refractivity contribution is -0.140. The average Bonchev–Trinajstić information content (AvgIpc) is 3.37. The number of imide groups is 1. The first-order chi connectivity index (χ1) is 25.5. The standard InChI is InChI=1S/C41H75N5O8/c1-8-9-10-11-12-13-14-15-16-20-36(49)45-33(38(42)51)19-17-18-25-43-35(48)22-28-53-41(6,7)24-29-54-40(4,5)23-26-44-34(47)21-27-46-37(50)30-32(31(2)3)39(46)52/h31-33H,8-30H2,1-7H3,(H2,42,51)(H,43,48)(H,44,47)(H,45,49). The quantitative estimate of drug-likeness (QED) is 0.0514. The molecule has 0 aliphatic carbocycles. The zero-order chi connectivity index (χ0) is 40.6. The second kappa shape index (κ2) is 26.7. The molecular weight excluding hydrogens is 690 g/mol. The molecule has 2 atom stereocenters. The maximum atomic E-state index is 12.5. The van der Waals surface area contributed by atoms with Gasteiger partial charge in [0.25, 0.3) is 0 Å². The number of carbonyl (C=O) groups excluding carboxylic acids is 6. The van der Waals surface area contributed by atoms with E-state index in [2.05, 4.69) is 22.9 Å². The minimum atomic E-state index is -0.700. The Morgan fingerprint density at radius 1 is 0.741 bits per heavy atom. The Balaban J connectivity index is 2.16. The van der Waals surface area contributed by atoms with Crippen molar-refractivity contribution in [2.45, 2.75) is 181 Å². The van der Waals surface area contributed by atoms with E-state index in [1.807, 2.05) is 41.5 Å². The summed E-state index contributed by atoms with van der Waals surface area (Å²) in [5, 5.41) is 8.52. The molecule has 0 spiro atoms. The highest BCUT2D eigenvalue weighted by atomic mass is 16.5. The first-order valence-electron chi connectivity index (χ1n) is 20.7. The minimum Gasteiger partial charge on any atom is -0.375 e. The van der Waals surface area contributed by atoms with Crippen LogP contribution in [0.5, 0.6) is 0 Å². The van der Waals surface area contributed by atoms with Gasteiger partial charge in [0.2, 0.25) is 35.4 Å². The molecule has 1 saturated heterocycles. The van der Waals surface area contributed by atoms with Crippen LogP contribution in [0.15, 0.2) is 0 Å². The van der Waals surface area contributed by atoms with Crippen LogP contribution in [0.25, 0.3) is 0 Å². The van der Waals surface area contributed by atoms with Crippen LogP contribution in [0.3, 0.4) is 0 Å². The molecule has 0 saturated carbocycles. The third-order valence-electron chi connectivity index (χ3n) is 10.1. The smallest absolute Gasteiger partial charge is 0.239 e. The summed E-state index contributed by atoms with van der Waals surface area (Å²) >= 11 is 0. The van der Waals surface area contributed by atoms with Crippen LogP contribution in [0.2, 0.25) is 0 Å². The van der Waals surface area contributed by atoms with Gasteiger partial charge in [0.15, 0.2) is 0 Å². The Labute approximate surface area is 325 Å². The monoisotopic (exact) mass is 766 g/mol. The lowest BCUT2D eigenvalue weighted by Crippen LogP contribution is -2.44. The maximum Gasteiger partial charge on any atom is 0.239 e. The minimum absolute atomic E-state index is 0.0743. The molecule has 0 aromatic heterocycles. The van der Waals surface area contributed by atoms with Gasteiger partial charge in [-0.05, 0) is 72.1 Å². The van der Waals surface area contributed by atoms with E-state index >= 15 is 0 Å². The van der Waals surface area contributed by atoms with Gasteiger partial charge in [-0.25, -0.2) is 0 Å². The SMILES string of the molecule is CCCCCCCCCCCC(=O)NC(CCCCNC(=O)CCOC(C)(C)CCOC(C)(C)CCNC(=O)CCN1C(=O)CC(C(C)C)C1=O)C(N)=O. The van der Waals surface area contributed by atoms with Crippen LogP contribution in [0, 0.1) is 11.8 Å². The van der Waals surface area contributed by atoms with E-state index < -0.39 is 23.2 Å². The zero-order valence-corrected chi connectivity index (χ0v) is 34.8. The van der Waals surface area contributed by atoms with E-state index in [1.165, 1.54) is 43.4 Å². The number of likely N-dealkylation sites (tertiary alicyclic amines) is 1. The van der Waals surface area contributed by atoms with Gasteiger partial charge in [-0.3, -0.25) is 33.7 Å². The predicted molar refractivity (Wildman–Crippen MR) is 211 cm³/mol. The van der Waals surface area contributed by atoms with Gasteiger partial charge in [-0.2, -0.15) is 0 Å². The number of hydrogen-bond acceptors (Lipinski definition) is 8. The Morgan fingerprint density at radius 2 is 1.31 bits per heavy atom. The fraction of sp³-hybridized carbons (Fsp3) is 0.854. The lowest BCUT2D eigenvalue weighted by Gasteiger charge is -2.30. The number of unbranched alkanes of at least 4 members (excludes halogenated alkanes) is 9. The van der Waals surface area contributed by atoms with Crippen molar-refractivity contribution in [1.82, 2.24) is 20.9 Å². The van der Waals surface area contributed by atoms with Crippen molar-refractivity contribution in [2.24, 2.45) is 17.6 Å². The van der Waals surface area contributed by atoms with E-state index in [9.17, 15) is 28.8 Å². The molecule has 1 fully saturated rings. The normalized spacial score (nSPS) is 15.5. The molecule has 1 rings (SSSR count). The van der Waals surface area contributed by atoms with Gasteiger partial charge in [0.1, 0.15) is 6.04 Å². The summed E-state index contributed by atoms with van der Waals surface area (Å²) in [7, 11) is 0. The molecule has 6 amide bonds. The highest BCUT2D eigenvalue weighted by molar-refractivity contribution is 6.03. The van der Waals surface area contributed by atoms with Crippen LogP contribution in [-0.2, 0) is 38.2 Å². The first-order valence-corrected chi connectivity index (χ1v) is 20.7. The van der Waals surface area contributed by atoms with Crippen molar-refractivity contribution in [2.75, 3.05) is 32.8 Å². The molecular formula is C41H75N5O8. The van der Waals surface area contributed by atoms with Gasteiger partial charge in [0.05, 0.1) is 24.4 Å². The Hall–Kier alpha value is -3.06. The van der Waals surface area contributed by atoms with Crippen molar-refractivity contribution < 1.29 is 38.2 Å². The first kappa shape index (κ1) is 49.0. The van der Waals surface area contributed by atoms with E-state index in [0.717, 1.165) is 19.3 Å². The average molecular weight is 766 g/mol. The number of primary amides is 1. The molecule has 5 N–H and O–H groups in total. The Morgan fingerprint density at radius 3 is 1.93 bits per heavy atom. The Kier molecular flexibility index (Phi) is 24.2. The van der Waals surface area contributed by atoms with Crippen molar-refractivity contribution >= 4 is 35.4 Å². The van der Waals surface area contributed by atoms with Crippen LogP contribution in [0.4, 0.5) is 0 Å². The summed E-state index contributed by atoms with van der Waals surface area (Å²) in [6.07, 6.45) is 14.4. The Bertz CT molecular complexity index is 1160. The largest absolute Gasteiger partial charge is 0.375 e. The molecule has 13 nitrogen and oxygen atoms in total. The highest BCUT2D eigenvalue weighted by Gasteiger charge is 2.39. The fourth-order valence-corrected chi connectivity index (χ4v) is 6.34. The van der Waals surface area contributed by atoms with Gasteiger partial charge < -0.3 is 31.2 Å². The number of amides is 6. The van der Waals surface area contributed by atoms with E-state index in [-0.39, 0.29) is 73.8 Å². The fourth-order valence-electron chi connectivity index (χ4n) is 6.34. The molecule has 0 aromatic rings. The molecule has 54 heavy (non-hydrogen) atoms. The second-order valence-corrected chi connectivity index (χ2v) is 16.5. The molecule has 0 radical (unpaired) electrons. The van der Waals surface area contributed by atoms with Gasteiger partial charge >= 0.3 is 0 Å². The zero-order valence-electron chi connectivity index (χ0n) is 34.8. The van der Waals surface area contributed by atoms with Crippen LogP contribution < -0.4 is 21.7 Å². The van der Waals surface area contributed by atoms with Crippen LogP contribution in [-0.4, -0.2) is 90.4 Å². The number of nitrogens with two attached hydrogens (primary N) is 1. The number of ether oxygens (including phenoxy) is 2. The number of carbonyl (C=O) groups is 6. The topological polar surface area (TPSA) is 186 Å². The van der Waals surface area contributed by atoms with Crippen LogP contribution in [0.1, 0.15) is 164 Å². The third kappa shape index (κ3) is 22.4. The number of rotatable bonds is 32. The second-order valence-electron chi connectivity index (χ2n) is 16.5. The number of hydrogen-bond donors (Lipinski definition) is 4. The van der Waals surface area contributed by atoms with E-state index in [4.69, 9.17) is 15.2 Å². The number of nitrogens with zero attached hydrogens (tertiary/aromatic N) is 1. The summed E-state index contributed by atoms with van der Waals surface area (Å²) < 4.78 is 12.1. The van der Waals surface area contributed by atoms with E-state index in [1.54, 1.807) is 0 Å². The van der Waals surface area contributed by atoms with Crippen molar-refractivity contribution in [1.29, 1.82) is 0 Å². The summed E-state index contributed by atoms with van der Waals surface area (Å²) in [4.78, 5) is 74.8. The van der Waals surface area contributed by atoms with Gasteiger partial charge in [-0.15, -0.1) is 0 Å². The van der Waals surface area contributed by atoms with Crippen molar-refractivity contribution in [3.8, 4) is 0 Å². The summed E-state index contributed by atoms with van der Waals surface area (Å²) in [6, 6.07) is -0.700. The maximum absolute atomic E-state index is 12.5. The van der Waals surface area contributed by atoms with Gasteiger partial charge in [-0.1, -0.05) is 72.1 Å². The number of nitrogens with one attached hydrogen (secondary N) is 3. The molecule has 1 aliphatic heterocycles. The van der Waals surface area contributed by atoms with Crippen molar-refractivity contribution in [3.63, 3.8) is 0 Å². The highest BCUT2D eigenvalue weighted by Crippen LogP contribution is 2.26. The summed E-state index contributed by atoms with van der Waals surface area (Å²) in [5.74, 6) is -1.62.